The summed E-state index contributed by atoms with van der Waals surface area (Å²) in [5.41, 5.74) is 1.17. The van der Waals surface area contributed by atoms with E-state index in [1.807, 2.05) is 34.6 Å². The van der Waals surface area contributed by atoms with Crippen molar-refractivity contribution >= 4 is 17.5 Å². The number of nitrogens with one attached hydrogen (secondary N) is 1. The van der Waals surface area contributed by atoms with Crippen LogP contribution in [0.25, 0.3) is 0 Å². The number of rotatable bonds is 5. The largest absolute Gasteiger partial charge is 0.380 e. The quantitative estimate of drug-likeness (QED) is 0.849. The Bertz CT molecular complexity index is 469. The third kappa shape index (κ3) is 5.10. The van der Waals surface area contributed by atoms with E-state index in [1.165, 1.54) is 0 Å². The molecule has 1 aromatic heterocycles. The Hall–Kier alpha value is -1.13. The Morgan fingerprint density at radius 3 is 2.65 bits per heavy atom. The van der Waals surface area contributed by atoms with Gasteiger partial charge in [0, 0.05) is 29.3 Å². The van der Waals surface area contributed by atoms with Gasteiger partial charge in [0.1, 0.15) is 5.15 Å². The summed E-state index contributed by atoms with van der Waals surface area (Å²) in [6, 6.07) is 3.32. The molecule has 20 heavy (non-hydrogen) atoms. The Labute approximate surface area is 125 Å². The first-order chi connectivity index (χ1) is 9.24. The summed E-state index contributed by atoms with van der Waals surface area (Å²) in [4.78, 5) is 16.5. The molecule has 0 aliphatic heterocycles. The van der Waals surface area contributed by atoms with Crippen LogP contribution in [-0.2, 0) is 10.2 Å². The molecule has 1 aromatic rings. The molecule has 4 nitrogen and oxygen atoms in total. The SMILES string of the molecule is CCOCC(C)NC(=O)c1cc(Cl)nc(C(C)(C)C)c1. The maximum Gasteiger partial charge on any atom is 0.251 e. The van der Waals surface area contributed by atoms with Crippen LogP contribution in [0.2, 0.25) is 5.15 Å². The number of ether oxygens (including phenoxy) is 1. The first kappa shape index (κ1) is 16.9. The highest BCUT2D eigenvalue weighted by atomic mass is 35.5. The van der Waals surface area contributed by atoms with Gasteiger partial charge in [-0.15, -0.1) is 0 Å². The van der Waals surface area contributed by atoms with Gasteiger partial charge in [-0.1, -0.05) is 32.4 Å². The molecule has 1 N–H and O–H groups in total. The zero-order valence-electron chi connectivity index (χ0n) is 12.8. The van der Waals surface area contributed by atoms with E-state index in [0.29, 0.717) is 23.9 Å². The molecule has 5 heteroatoms. The van der Waals surface area contributed by atoms with Crippen molar-refractivity contribution in [2.45, 2.75) is 46.1 Å². The molecular weight excluding hydrogens is 276 g/mol. The molecule has 1 rings (SSSR count). The maximum atomic E-state index is 12.2. The molecule has 1 heterocycles. The van der Waals surface area contributed by atoms with Crippen molar-refractivity contribution in [2.75, 3.05) is 13.2 Å². The van der Waals surface area contributed by atoms with Gasteiger partial charge in [0.15, 0.2) is 0 Å². The molecule has 0 radical (unpaired) electrons. The minimum absolute atomic E-state index is 0.0486. The van der Waals surface area contributed by atoms with E-state index in [-0.39, 0.29) is 17.4 Å². The van der Waals surface area contributed by atoms with Crippen LogP contribution in [0.1, 0.15) is 50.7 Å². The van der Waals surface area contributed by atoms with Crippen LogP contribution in [0.5, 0.6) is 0 Å². The summed E-state index contributed by atoms with van der Waals surface area (Å²) in [5.74, 6) is -0.160. The number of amides is 1. The molecule has 0 spiro atoms. The molecule has 1 unspecified atom stereocenters. The molecule has 0 aliphatic carbocycles. The molecule has 0 saturated carbocycles. The van der Waals surface area contributed by atoms with E-state index in [1.54, 1.807) is 12.1 Å². The summed E-state index contributed by atoms with van der Waals surface area (Å²) >= 11 is 6.00. The molecule has 1 amide bonds. The van der Waals surface area contributed by atoms with Crippen molar-refractivity contribution in [3.8, 4) is 0 Å². The molecule has 0 saturated heterocycles. The van der Waals surface area contributed by atoms with Crippen molar-refractivity contribution in [1.82, 2.24) is 10.3 Å². The van der Waals surface area contributed by atoms with Crippen LogP contribution in [-0.4, -0.2) is 30.1 Å². The van der Waals surface area contributed by atoms with Gasteiger partial charge in [0.05, 0.1) is 6.61 Å². The summed E-state index contributed by atoms with van der Waals surface area (Å²) in [7, 11) is 0. The first-order valence-corrected chi connectivity index (χ1v) is 7.18. The van der Waals surface area contributed by atoms with Crippen molar-refractivity contribution in [2.24, 2.45) is 0 Å². The molecule has 0 aliphatic rings. The highest BCUT2D eigenvalue weighted by Crippen LogP contribution is 2.23. The number of pyridine rings is 1. The number of halogens is 1. The van der Waals surface area contributed by atoms with E-state index in [9.17, 15) is 4.79 Å². The summed E-state index contributed by atoms with van der Waals surface area (Å²) in [5, 5.41) is 3.22. The maximum absolute atomic E-state index is 12.2. The van der Waals surface area contributed by atoms with Gasteiger partial charge in [0.2, 0.25) is 0 Å². The van der Waals surface area contributed by atoms with Crippen molar-refractivity contribution in [1.29, 1.82) is 0 Å². The fraction of sp³-hybridized carbons (Fsp3) is 0.600. The highest BCUT2D eigenvalue weighted by Gasteiger charge is 2.19. The number of aromatic nitrogens is 1. The van der Waals surface area contributed by atoms with E-state index in [4.69, 9.17) is 16.3 Å². The average Bonchev–Trinajstić information content (AvgIpc) is 2.34. The number of nitrogens with zero attached hydrogens (tertiary/aromatic N) is 1. The normalized spacial score (nSPS) is 13.1. The van der Waals surface area contributed by atoms with E-state index in [2.05, 4.69) is 10.3 Å². The fourth-order valence-electron chi connectivity index (χ4n) is 1.66. The van der Waals surface area contributed by atoms with Crippen LogP contribution in [0, 0.1) is 0 Å². The topological polar surface area (TPSA) is 51.2 Å². The third-order valence-electron chi connectivity index (χ3n) is 2.77. The average molecular weight is 299 g/mol. The lowest BCUT2D eigenvalue weighted by Crippen LogP contribution is -2.36. The minimum atomic E-state index is -0.160. The van der Waals surface area contributed by atoms with Crippen LogP contribution in [0.4, 0.5) is 0 Å². The van der Waals surface area contributed by atoms with E-state index < -0.39 is 0 Å². The van der Waals surface area contributed by atoms with Gasteiger partial charge < -0.3 is 10.1 Å². The number of carbonyl (C=O) groups is 1. The minimum Gasteiger partial charge on any atom is -0.380 e. The Kier molecular flexibility index (Phi) is 5.96. The highest BCUT2D eigenvalue weighted by molar-refractivity contribution is 6.29. The van der Waals surface area contributed by atoms with Crippen molar-refractivity contribution in [3.05, 3.63) is 28.5 Å². The second-order valence-electron chi connectivity index (χ2n) is 5.85. The van der Waals surface area contributed by atoms with Crippen LogP contribution in [0.15, 0.2) is 12.1 Å². The predicted molar refractivity (Wildman–Crippen MR) is 81.4 cm³/mol. The summed E-state index contributed by atoms with van der Waals surface area (Å²) in [6.45, 7) is 11.1. The summed E-state index contributed by atoms with van der Waals surface area (Å²) in [6.07, 6.45) is 0. The van der Waals surface area contributed by atoms with Gasteiger partial charge >= 0.3 is 0 Å². The first-order valence-electron chi connectivity index (χ1n) is 6.80. The fourth-order valence-corrected chi connectivity index (χ4v) is 1.86. The second kappa shape index (κ2) is 7.04. The lowest BCUT2D eigenvalue weighted by molar-refractivity contribution is 0.0871. The Morgan fingerprint density at radius 2 is 2.10 bits per heavy atom. The van der Waals surface area contributed by atoms with Crippen LogP contribution in [0.3, 0.4) is 0 Å². The Balaban J connectivity index is 2.85. The standard InChI is InChI=1S/C15H23ClN2O2/c1-6-20-9-10(2)17-14(19)11-7-12(15(3,4)5)18-13(16)8-11/h7-8,10H,6,9H2,1-5H3,(H,17,19). The predicted octanol–water partition coefficient (Wildman–Crippen LogP) is 3.19. The molecular formula is C15H23ClN2O2. The zero-order chi connectivity index (χ0) is 15.3. The van der Waals surface area contributed by atoms with E-state index >= 15 is 0 Å². The van der Waals surface area contributed by atoms with E-state index in [0.717, 1.165) is 5.69 Å². The Morgan fingerprint density at radius 1 is 1.45 bits per heavy atom. The van der Waals surface area contributed by atoms with Crippen molar-refractivity contribution in [3.63, 3.8) is 0 Å². The second-order valence-corrected chi connectivity index (χ2v) is 6.24. The number of carbonyl (C=O) groups excluding carboxylic acids is 1. The molecule has 0 aromatic carbocycles. The summed E-state index contributed by atoms with van der Waals surface area (Å²) < 4.78 is 5.28. The molecule has 0 bridgehead atoms. The van der Waals surface area contributed by atoms with Gasteiger partial charge in [-0.25, -0.2) is 4.98 Å². The van der Waals surface area contributed by atoms with Crippen LogP contribution < -0.4 is 5.32 Å². The lowest BCUT2D eigenvalue weighted by Gasteiger charge is -2.19. The monoisotopic (exact) mass is 298 g/mol. The van der Waals surface area contributed by atoms with Crippen LogP contribution >= 0.6 is 11.6 Å². The molecule has 0 fully saturated rings. The number of hydrogen-bond donors (Lipinski definition) is 1. The van der Waals surface area contributed by atoms with Gasteiger partial charge in [-0.05, 0) is 26.0 Å². The van der Waals surface area contributed by atoms with Gasteiger partial charge in [-0.2, -0.15) is 0 Å². The third-order valence-corrected chi connectivity index (χ3v) is 2.97. The number of hydrogen-bond acceptors (Lipinski definition) is 3. The lowest BCUT2D eigenvalue weighted by atomic mass is 9.91. The zero-order valence-corrected chi connectivity index (χ0v) is 13.5. The molecule has 112 valence electrons. The van der Waals surface area contributed by atoms with Crippen molar-refractivity contribution < 1.29 is 9.53 Å². The smallest absolute Gasteiger partial charge is 0.251 e. The molecule has 1 atom stereocenters. The van der Waals surface area contributed by atoms with Gasteiger partial charge in [0.25, 0.3) is 5.91 Å². The van der Waals surface area contributed by atoms with Gasteiger partial charge in [-0.3, -0.25) is 4.79 Å².